The number of benzene rings is 2. The fourth-order valence-electron chi connectivity index (χ4n) is 1.63. The molecule has 0 saturated heterocycles. The molecular weight excluding hydrogens is 291 g/mol. The van der Waals surface area contributed by atoms with Gasteiger partial charge in [0.25, 0.3) is 0 Å². The average Bonchev–Trinajstić information content (AvgIpc) is 2.48. The van der Waals surface area contributed by atoms with Crippen molar-refractivity contribution in [2.45, 2.75) is 6.92 Å². The summed E-state index contributed by atoms with van der Waals surface area (Å²) in [6, 6.07) is 17.1. The number of hydrogen-bond acceptors (Lipinski definition) is 2. The first-order valence-corrected chi connectivity index (χ1v) is 6.77. The summed E-state index contributed by atoms with van der Waals surface area (Å²) in [5, 5.41) is 8.39. The summed E-state index contributed by atoms with van der Waals surface area (Å²) in [6.45, 7) is 1.97. The van der Waals surface area contributed by atoms with Crippen molar-refractivity contribution < 1.29 is 0 Å². The molecule has 20 heavy (non-hydrogen) atoms. The summed E-state index contributed by atoms with van der Waals surface area (Å²) in [4.78, 5) is 0. The van der Waals surface area contributed by atoms with Crippen molar-refractivity contribution in [2.24, 2.45) is 10.2 Å². The molecule has 0 spiro atoms. The van der Waals surface area contributed by atoms with Crippen LogP contribution in [-0.2, 0) is 0 Å². The summed E-state index contributed by atoms with van der Waals surface area (Å²) in [5.74, 6) is 2.68. The molecule has 0 N–H and O–H groups in total. The molecule has 0 saturated carbocycles. The van der Waals surface area contributed by atoms with E-state index in [4.69, 9.17) is 23.2 Å². The lowest BCUT2D eigenvalue weighted by Crippen LogP contribution is -1.88. The highest BCUT2D eigenvalue weighted by molar-refractivity contribution is 6.69. The molecule has 0 aromatic heterocycles. The Morgan fingerprint density at radius 1 is 0.950 bits per heavy atom. The number of nitrogens with zero attached hydrogens (tertiary/aromatic N) is 2. The van der Waals surface area contributed by atoms with E-state index in [-0.39, 0.29) is 0 Å². The van der Waals surface area contributed by atoms with E-state index in [9.17, 15) is 0 Å². The summed E-state index contributed by atoms with van der Waals surface area (Å²) >= 11 is 12.2. The maximum atomic E-state index is 6.14. The van der Waals surface area contributed by atoms with E-state index in [1.54, 1.807) is 0 Å². The molecule has 4 heteroatoms. The minimum absolute atomic E-state index is 0.298. The minimum Gasteiger partial charge on any atom is -0.129 e. The van der Waals surface area contributed by atoms with E-state index in [1.165, 1.54) is 0 Å². The second-order valence-corrected chi connectivity index (χ2v) is 4.83. The Labute approximate surface area is 128 Å². The molecule has 0 aliphatic carbocycles. The summed E-state index contributed by atoms with van der Waals surface area (Å²) < 4.78 is 0. The van der Waals surface area contributed by atoms with Gasteiger partial charge in [-0.1, -0.05) is 77.8 Å². The molecular formula is C16H12Cl2N2. The van der Waals surface area contributed by atoms with Gasteiger partial charge in [0.1, 0.15) is 5.03 Å². The number of aryl methyl sites for hydroxylation is 1. The highest BCUT2D eigenvalue weighted by atomic mass is 35.5. The Hall–Kier alpha value is -1.86. The van der Waals surface area contributed by atoms with Crippen LogP contribution in [0.2, 0.25) is 0 Å². The largest absolute Gasteiger partial charge is 0.159 e. The van der Waals surface area contributed by atoms with Crippen LogP contribution in [0.4, 0.5) is 0 Å². The lowest BCUT2D eigenvalue weighted by Gasteiger charge is -1.99. The van der Waals surface area contributed by atoms with Crippen LogP contribution in [-0.4, -0.2) is 11.0 Å². The molecule has 0 atom stereocenters. The van der Waals surface area contributed by atoms with Crippen LogP contribution in [0.15, 0.2) is 64.8 Å². The molecule has 0 aliphatic heterocycles. The van der Waals surface area contributed by atoms with Gasteiger partial charge in [-0.3, -0.25) is 0 Å². The Morgan fingerprint density at radius 2 is 1.60 bits per heavy atom. The standard InChI is InChI=1S/C16H12Cl2N2/c1-12-7-5-6-10-14(12)15(17)11-19-20-16(18)13-8-3-2-4-9-13/h2-10H,1H3. The Kier molecular flexibility index (Phi) is 5.14. The van der Waals surface area contributed by atoms with Crippen LogP contribution in [0, 0.1) is 6.92 Å². The number of halogens is 2. The van der Waals surface area contributed by atoms with Gasteiger partial charge in [-0.25, -0.2) is 0 Å². The molecule has 0 amide bonds. The van der Waals surface area contributed by atoms with Gasteiger partial charge in [-0.05, 0) is 12.5 Å². The third-order valence-corrected chi connectivity index (χ3v) is 3.26. The van der Waals surface area contributed by atoms with Gasteiger partial charge >= 0.3 is 0 Å². The minimum atomic E-state index is 0.298. The zero-order valence-electron chi connectivity index (χ0n) is 10.8. The normalized spacial score (nSPS) is 10.8. The highest BCUT2D eigenvalue weighted by Gasteiger charge is 2.00. The van der Waals surface area contributed by atoms with Gasteiger partial charge in [-0.15, -0.1) is 10.2 Å². The Morgan fingerprint density at radius 3 is 2.30 bits per heavy atom. The van der Waals surface area contributed by atoms with E-state index >= 15 is 0 Å². The van der Waals surface area contributed by atoms with Crippen LogP contribution in [0.5, 0.6) is 0 Å². The SMILES string of the molecule is Cc1ccccc1C(Cl)=C=NN=C(Cl)c1ccccc1. The molecule has 0 unspecified atom stereocenters. The van der Waals surface area contributed by atoms with Crippen molar-refractivity contribution in [1.29, 1.82) is 0 Å². The smallest absolute Gasteiger partial charge is 0.129 e. The van der Waals surface area contributed by atoms with Crippen molar-refractivity contribution in [3.63, 3.8) is 0 Å². The molecule has 0 heterocycles. The van der Waals surface area contributed by atoms with Crippen LogP contribution < -0.4 is 0 Å². The maximum absolute atomic E-state index is 6.14. The van der Waals surface area contributed by atoms with E-state index < -0.39 is 0 Å². The summed E-state index contributed by atoms with van der Waals surface area (Å²) in [5.41, 5.74) is 2.73. The van der Waals surface area contributed by atoms with E-state index in [0.717, 1.165) is 16.7 Å². The van der Waals surface area contributed by atoms with Gasteiger partial charge in [0.2, 0.25) is 0 Å². The van der Waals surface area contributed by atoms with Gasteiger partial charge in [0.05, 0.1) is 0 Å². The van der Waals surface area contributed by atoms with Gasteiger partial charge in [0, 0.05) is 17.0 Å². The highest BCUT2D eigenvalue weighted by Crippen LogP contribution is 2.19. The molecule has 0 radical (unpaired) electrons. The van der Waals surface area contributed by atoms with Crippen molar-refractivity contribution in [2.75, 3.05) is 0 Å². The Bertz CT molecular complexity index is 685. The first-order chi connectivity index (χ1) is 9.68. The predicted octanol–water partition coefficient (Wildman–Crippen LogP) is 4.85. The monoisotopic (exact) mass is 302 g/mol. The molecule has 0 bridgehead atoms. The number of rotatable bonds is 3. The fourth-order valence-corrected chi connectivity index (χ4v) is 2.04. The summed E-state index contributed by atoms with van der Waals surface area (Å²) in [6.07, 6.45) is 0. The zero-order valence-corrected chi connectivity index (χ0v) is 12.4. The third-order valence-electron chi connectivity index (χ3n) is 2.68. The van der Waals surface area contributed by atoms with Gasteiger partial charge in [-0.2, -0.15) is 0 Å². The first-order valence-electron chi connectivity index (χ1n) is 6.01. The van der Waals surface area contributed by atoms with Crippen LogP contribution in [0.3, 0.4) is 0 Å². The first kappa shape index (κ1) is 14.5. The average molecular weight is 303 g/mol. The topological polar surface area (TPSA) is 24.7 Å². The molecule has 0 aliphatic rings. The van der Waals surface area contributed by atoms with Crippen molar-refractivity contribution in [3.05, 3.63) is 71.3 Å². The molecule has 100 valence electrons. The third kappa shape index (κ3) is 3.82. The maximum Gasteiger partial charge on any atom is 0.159 e. The second kappa shape index (κ2) is 7.06. The second-order valence-electron chi connectivity index (χ2n) is 4.10. The van der Waals surface area contributed by atoms with Crippen LogP contribution >= 0.6 is 23.2 Å². The summed E-state index contributed by atoms with van der Waals surface area (Å²) in [7, 11) is 0. The zero-order chi connectivity index (χ0) is 14.4. The van der Waals surface area contributed by atoms with Crippen molar-refractivity contribution >= 4 is 39.3 Å². The lowest BCUT2D eigenvalue weighted by molar-refractivity contribution is 1.27. The fraction of sp³-hybridized carbons (Fsp3) is 0.0625. The van der Waals surface area contributed by atoms with Gasteiger partial charge in [0.15, 0.2) is 5.17 Å². The predicted molar refractivity (Wildman–Crippen MR) is 86.7 cm³/mol. The van der Waals surface area contributed by atoms with Gasteiger partial charge < -0.3 is 0 Å². The molecule has 2 aromatic rings. The quantitative estimate of drug-likeness (QED) is 0.572. The van der Waals surface area contributed by atoms with Crippen molar-refractivity contribution in [3.8, 4) is 0 Å². The number of hydrogen-bond donors (Lipinski definition) is 0. The van der Waals surface area contributed by atoms with E-state index in [1.807, 2.05) is 61.5 Å². The van der Waals surface area contributed by atoms with Crippen molar-refractivity contribution in [1.82, 2.24) is 0 Å². The molecule has 2 aromatic carbocycles. The van der Waals surface area contributed by atoms with E-state index in [0.29, 0.717) is 10.2 Å². The molecule has 2 rings (SSSR count). The molecule has 2 nitrogen and oxygen atoms in total. The van der Waals surface area contributed by atoms with E-state index in [2.05, 4.69) is 16.1 Å². The lowest BCUT2D eigenvalue weighted by atomic mass is 10.1. The van der Waals surface area contributed by atoms with Crippen LogP contribution in [0.25, 0.3) is 5.03 Å². The van der Waals surface area contributed by atoms with Crippen LogP contribution in [0.1, 0.15) is 16.7 Å². The molecule has 0 fully saturated rings. The Balaban J connectivity index is 2.25.